The lowest BCUT2D eigenvalue weighted by Crippen LogP contribution is -2.15. The molecule has 0 radical (unpaired) electrons. The Labute approximate surface area is 121 Å². The first-order valence-corrected chi connectivity index (χ1v) is 6.66. The number of aromatic nitrogens is 1. The highest BCUT2D eigenvalue weighted by Gasteiger charge is 2.08. The fraction of sp³-hybridized carbons (Fsp3) is 0.0588. The van der Waals surface area contributed by atoms with Crippen LogP contribution in [0, 0.1) is 0 Å². The van der Waals surface area contributed by atoms with Gasteiger partial charge < -0.3 is 9.88 Å². The summed E-state index contributed by atoms with van der Waals surface area (Å²) >= 11 is 0. The molecule has 1 N–H and O–H groups in total. The predicted octanol–water partition coefficient (Wildman–Crippen LogP) is 2.62. The number of nitrogens with one attached hydrogen (secondary N) is 1. The van der Waals surface area contributed by atoms with Gasteiger partial charge in [-0.25, -0.2) is 0 Å². The van der Waals surface area contributed by atoms with Crippen molar-refractivity contribution in [3.8, 4) is 0 Å². The second-order valence-corrected chi connectivity index (χ2v) is 4.76. The molecule has 1 aromatic heterocycles. The molecular formula is C17H14N2O2. The van der Waals surface area contributed by atoms with E-state index in [1.165, 1.54) is 0 Å². The summed E-state index contributed by atoms with van der Waals surface area (Å²) in [7, 11) is 0. The summed E-state index contributed by atoms with van der Waals surface area (Å²) in [6.45, 7) is 0.634. The smallest absolute Gasteiger partial charge is 0.212 e. The summed E-state index contributed by atoms with van der Waals surface area (Å²) in [4.78, 5) is 23.0. The fourth-order valence-electron chi connectivity index (χ4n) is 2.42. The van der Waals surface area contributed by atoms with Crippen LogP contribution in [-0.2, 0) is 11.3 Å². The molecule has 0 aliphatic heterocycles. The second kappa shape index (κ2) is 5.63. The molecule has 0 saturated carbocycles. The van der Waals surface area contributed by atoms with E-state index in [1.807, 2.05) is 53.1 Å². The van der Waals surface area contributed by atoms with Crippen molar-refractivity contribution in [2.45, 2.75) is 6.54 Å². The van der Waals surface area contributed by atoms with Gasteiger partial charge in [0.25, 0.3) is 0 Å². The minimum atomic E-state index is -0.165. The van der Waals surface area contributed by atoms with E-state index in [0.29, 0.717) is 24.0 Å². The van der Waals surface area contributed by atoms with Crippen LogP contribution < -0.4 is 10.7 Å². The Kier molecular flexibility index (Phi) is 3.51. The molecule has 0 atom stereocenters. The average molecular weight is 278 g/mol. The number of benzene rings is 2. The topological polar surface area (TPSA) is 51.1 Å². The molecule has 0 unspecified atom stereocenters. The number of amides is 1. The molecule has 3 rings (SSSR count). The first kappa shape index (κ1) is 13.1. The van der Waals surface area contributed by atoms with Crippen molar-refractivity contribution in [2.24, 2.45) is 0 Å². The molecule has 1 amide bonds. The minimum absolute atomic E-state index is 0.165. The summed E-state index contributed by atoms with van der Waals surface area (Å²) in [6, 6.07) is 17.4. The van der Waals surface area contributed by atoms with Crippen molar-refractivity contribution in [1.82, 2.24) is 4.57 Å². The normalized spacial score (nSPS) is 10.5. The van der Waals surface area contributed by atoms with Gasteiger partial charge >= 0.3 is 0 Å². The van der Waals surface area contributed by atoms with E-state index >= 15 is 0 Å². The maximum Gasteiger partial charge on any atom is 0.212 e. The number of hydrogen-bond acceptors (Lipinski definition) is 2. The van der Waals surface area contributed by atoms with Crippen molar-refractivity contribution in [3.63, 3.8) is 0 Å². The third-order valence-corrected chi connectivity index (χ3v) is 3.40. The lowest BCUT2D eigenvalue weighted by atomic mass is 10.1. The van der Waals surface area contributed by atoms with Crippen LogP contribution in [-0.4, -0.2) is 11.0 Å². The van der Waals surface area contributed by atoms with Gasteiger partial charge in [0.2, 0.25) is 11.8 Å². The van der Waals surface area contributed by atoms with Crippen molar-refractivity contribution in [1.29, 1.82) is 0 Å². The molecule has 4 nitrogen and oxygen atoms in total. The van der Waals surface area contributed by atoms with E-state index in [0.717, 1.165) is 11.1 Å². The number of carbonyl (C=O) groups excluding carboxylic acids is 1. The molecule has 4 heteroatoms. The Bertz CT molecular complexity index is 838. The number of pyridine rings is 1. The molecule has 1 heterocycles. The highest BCUT2D eigenvalue weighted by atomic mass is 16.1. The Morgan fingerprint density at radius 1 is 1.00 bits per heavy atom. The van der Waals surface area contributed by atoms with Crippen molar-refractivity contribution in [3.05, 3.63) is 76.6 Å². The lowest BCUT2D eigenvalue weighted by molar-refractivity contribution is -0.105. The number of hydrogen-bond donors (Lipinski definition) is 1. The van der Waals surface area contributed by atoms with Crippen LogP contribution in [0.3, 0.4) is 0 Å². The van der Waals surface area contributed by atoms with E-state index < -0.39 is 0 Å². The third-order valence-electron chi connectivity index (χ3n) is 3.40. The van der Waals surface area contributed by atoms with E-state index in [-0.39, 0.29) is 5.43 Å². The summed E-state index contributed by atoms with van der Waals surface area (Å²) in [5.74, 6) is 0. The van der Waals surface area contributed by atoms with Crippen LogP contribution in [0.5, 0.6) is 0 Å². The van der Waals surface area contributed by atoms with Crippen LogP contribution in [0.15, 0.2) is 65.6 Å². The van der Waals surface area contributed by atoms with Gasteiger partial charge in [0.05, 0.1) is 5.52 Å². The Morgan fingerprint density at radius 2 is 1.71 bits per heavy atom. The summed E-state index contributed by atoms with van der Waals surface area (Å²) in [6.07, 6.45) is 2.21. The van der Waals surface area contributed by atoms with Gasteiger partial charge in [-0.15, -0.1) is 0 Å². The second-order valence-electron chi connectivity index (χ2n) is 4.76. The highest BCUT2D eigenvalue weighted by molar-refractivity contribution is 5.84. The SMILES string of the molecule is O=CNc1cn(Cc2ccccc2)c2ccccc2c1=O. The zero-order chi connectivity index (χ0) is 14.7. The molecule has 0 spiro atoms. The fourth-order valence-corrected chi connectivity index (χ4v) is 2.42. The van der Waals surface area contributed by atoms with Crippen molar-refractivity contribution in [2.75, 3.05) is 5.32 Å². The first-order valence-electron chi connectivity index (χ1n) is 6.66. The van der Waals surface area contributed by atoms with Gasteiger partial charge in [-0.3, -0.25) is 9.59 Å². The number of rotatable bonds is 4. The van der Waals surface area contributed by atoms with Crippen LogP contribution in [0.25, 0.3) is 10.9 Å². The quantitative estimate of drug-likeness (QED) is 0.746. The van der Waals surface area contributed by atoms with E-state index in [2.05, 4.69) is 5.32 Å². The van der Waals surface area contributed by atoms with Gasteiger partial charge in [-0.1, -0.05) is 42.5 Å². The molecule has 21 heavy (non-hydrogen) atoms. The van der Waals surface area contributed by atoms with Gasteiger partial charge in [0.15, 0.2) is 0 Å². The van der Waals surface area contributed by atoms with E-state index in [1.54, 1.807) is 12.3 Å². The van der Waals surface area contributed by atoms with Crippen LogP contribution in [0.4, 0.5) is 5.69 Å². The monoisotopic (exact) mass is 278 g/mol. The lowest BCUT2D eigenvalue weighted by Gasteiger charge is -2.13. The molecule has 104 valence electrons. The van der Waals surface area contributed by atoms with Crippen LogP contribution in [0.2, 0.25) is 0 Å². The summed E-state index contributed by atoms with van der Waals surface area (Å²) in [5.41, 5.74) is 2.10. The van der Waals surface area contributed by atoms with Gasteiger partial charge in [-0.2, -0.15) is 0 Å². The first-order chi connectivity index (χ1) is 10.3. The third kappa shape index (κ3) is 2.56. The standard InChI is InChI=1S/C17H14N2O2/c20-12-18-15-11-19(10-13-6-2-1-3-7-13)16-9-5-4-8-14(16)17(15)21/h1-9,11-12H,10H2,(H,18,20). The minimum Gasteiger partial charge on any atom is -0.341 e. The number of fused-ring (bicyclic) bond motifs is 1. The van der Waals surface area contributed by atoms with Crippen molar-refractivity contribution >= 4 is 23.0 Å². The molecule has 0 bridgehead atoms. The number of nitrogens with zero attached hydrogens (tertiary/aromatic N) is 1. The zero-order valence-electron chi connectivity index (χ0n) is 11.3. The molecular weight excluding hydrogens is 264 g/mol. The van der Waals surface area contributed by atoms with Gasteiger partial charge in [-0.05, 0) is 17.7 Å². The molecule has 0 aliphatic carbocycles. The number of para-hydroxylation sites is 1. The maximum atomic E-state index is 12.3. The van der Waals surface area contributed by atoms with Gasteiger partial charge in [0.1, 0.15) is 5.69 Å². The molecule has 0 aliphatic rings. The maximum absolute atomic E-state index is 12.3. The summed E-state index contributed by atoms with van der Waals surface area (Å²) < 4.78 is 1.97. The average Bonchev–Trinajstić information content (AvgIpc) is 2.53. The molecule has 0 saturated heterocycles. The zero-order valence-corrected chi connectivity index (χ0v) is 11.3. The van der Waals surface area contributed by atoms with E-state index in [4.69, 9.17) is 0 Å². The van der Waals surface area contributed by atoms with Crippen LogP contribution in [0.1, 0.15) is 5.56 Å². The highest BCUT2D eigenvalue weighted by Crippen LogP contribution is 2.15. The Balaban J connectivity index is 2.19. The Morgan fingerprint density at radius 3 is 2.48 bits per heavy atom. The predicted molar refractivity (Wildman–Crippen MR) is 83.4 cm³/mol. The molecule has 2 aromatic carbocycles. The van der Waals surface area contributed by atoms with Crippen LogP contribution >= 0.6 is 0 Å². The van der Waals surface area contributed by atoms with E-state index in [9.17, 15) is 9.59 Å². The van der Waals surface area contributed by atoms with Crippen molar-refractivity contribution < 1.29 is 4.79 Å². The molecule has 0 fully saturated rings. The summed E-state index contributed by atoms with van der Waals surface area (Å²) in [5, 5.41) is 3.08. The number of anilines is 1. The molecule has 3 aromatic rings. The van der Waals surface area contributed by atoms with Gasteiger partial charge in [0, 0.05) is 18.1 Å². The number of carbonyl (C=O) groups is 1. The largest absolute Gasteiger partial charge is 0.341 e. The Hall–Kier alpha value is -2.88.